The molecule has 3 nitrogen and oxygen atoms in total. The van der Waals surface area contributed by atoms with Crippen LogP contribution in [0, 0.1) is 11.6 Å². The summed E-state index contributed by atoms with van der Waals surface area (Å²) in [6, 6.07) is 12.2. The lowest BCUT2D eigenvalue weighted by Crippen LogP contribution is -2.38. The van der Waals surface area contributed by atoms with E-state index in [2.05, 4.69) is 5.32 Å². The molecule has 2 atom stereocenters. The van der Waals surface area contributed by atoms with E-state index in [1.165, 1.54) is 24.3 Å². The minimum atomic E-state index is -0.420. The first-order valence-corrected chi connectivity index (χ1v) is 8.58. The second-order valence-electron chi connectivity index (χ2n) is 6.83. The summed E-state index contributed by atoms with van der Waals surface area (Å²) in [5.41, 5.74) is 2.70. The Labute approximate surface area is 149 Å². The van der Waals surface area contributed by atoms with Gasteiger partial charge in [-0.15, -0.1) is 0 Å². The Hall–Kier alpha value is -2.82. The van der Waals surface area contributed by atoms with E-state index in [1.54, 1.807) is 24.3 Å². The third-order valence-electron chi connectivity index (χ3n) is 5.13. The molecule has 2 aliphatic rings. The van der Waals surface area contributed by atoms with Crippen molar-refractivity contribution in [2.24, 2.45) is 0 Å². The van der Waals surface area contributed by atoms with Gasteiger partial charge < -0.3 is 5.32 Å². The number of amides is 1. The summed E-state index contributed by atoms with van der Waals surface area (Å²) in [4.78, 5) is 25.1. The van der Waals surface area contributed by atoms with E-state index < -0.39 is 5.92 Å². The lowest BCUT2D eigenvalue weighted by molar-refractivity contribution is -0.122. The molecule has 1 aliphatic carbocycles. The molecule has 1 N–H and O–H groups in total. The lowest BCUT2D eigenvalue weighted by atomic mass is 9.73. The molecule has 0 saturated carbocycles. The summed E-state index contributed by atoms with van der Waals surface area (Å²) in [6.45, 7) is 0. The van der Waals surface area contributed by atoms with Crippen molar-refractivity contribution in [2.45, 2.75) is 31.1 Å². The highest BCUT2D eigenvalue weighted by atomic mass is 19.1. The van der Waals surface area contributed by atoms with Crippen LogP contribution < -0.4 is 5.32 Å². The number of nitrogens with one attached hydrogen (secondary N) is 1. The van der Waals surface area contributed by atoms with Crippen LogP contribution in [0.25, 0.3) is 0 Å². The molecule has 4 rings (SSSR count). The normalized spacial score (nSPS) is 22.8. The zero-order valence-corrected chi connectivity index (χ0v) is 14.0. The average molecular weight is 353 g/mol. The molecule has 0 aromatic heterocycles. The van der Waals surface area contributed by atoms with Gasteiger partial charge in [-0.3, -0.25) is 9.59 Å². The maximum atomic E-state index is 13.6. The van der Waals surface area contributed by atoms with Gasteiger partial charge in [-0.05, 0) is 47.7 Å². The fourth-order valence-electron chi connectivity index (χ4n) is 3.94. The summed E-state index contributed by atoms with van der Waals surface area (Å²) < 4.78 is 26.8. The van der Waals surface area contributed by atoms with Crippen molar-refractivity contribution >= 4 is 11.7 Å². The van der Waals surface area contributed by atoms with Gasteiger partial charge in [0, 0.05) is 30.0 Å². The third-order valence-corrected chi connectivity index (χ3v) is 5.13. The highest BCUT2D eigenvalue weighted by molar-refractivity contribution is 6.02. The quantitative estimate of drug-likeness (QED) is 0.888. The standard InChI is InChI=1S/C21H17F2NO2/c22-15-6-4-12(5-7-15)14-9-18-21(19(25)10-14)17(11-20(26)24-18)13-2-1-3-16(23)8-13/h1-8,14,17H,9-11H2,(H,24,26)/t14-,17-/m1/s1. The van der Waals surface area contributed by atoms with Crippen LogP contribution in [0.15, 0.2) is 59.8 Å². The van der Waals surface area contributed by atoms with Crippen LogP contribution in [-0.2, 0) is 9.59 Å². The van der Waals surface area contributed by atoms with E-state index in [0.717, 1.165) is 5.56 Å². The minimum Gasteiger partial charge on any atom is -0.329 e. The van der Waals surface area contributed by atoms with Crippen LogP contribution in [0.1, 0.15) is 42.2 Å². The summed E-state index contributed by atoms with van der Waals surface area (Å²) in [6.07, 6.45) is 0.936. The van der Waals surface area contributed by atoms with Crippen LogP contribution in [0.3, 0.4) is 0 Å². The van der Waals surface area contributed by atoms with Gasteiger partial charge >= 0.3 is 0 Å². The van der Waals surface area contributed by atoms with E-state index in [0.29, 0.717) is 29.7 Å². The summed E-state index contributed by atoms with van der Waals surface area (Å²) >= 11 is 0. The van der Waals surface area contributed by atoms with Crippen molar-refractivity contribution in [3.05, 3.63) is 82.6 Å². The summed E-state index contributed by atoms with van der Waals surface area (Å²) in [5, 5.41) is 2.83. The Kier molecular flexibility index (Phi) is 4.15. The minimum absolute atomic E-state index is 0.0464. The molecule has 0 fully saturated rings. The number of benzene rings is 2. The maximum absolute atomic E-state index is 13.6. The molecule has 1 heterocycles. The van der Waals surface area contributed by atoms with Gasteiger partial charge in [0.15, 0.2) is 5.78 Å². The number of carbonyl (C=O) groups is 2. The number of allylic oxidation sites excluding steroid dienone is 2. The van der Waals surface area contributed by atoms with E-state index in [9.17, 15) is 18.4 Å². The molecule has 0 bridgehead atoms. The third kappa shape index (κ3) is 3.05. The monoisotopic (exact) mass is 353 g/mol. The fourth-order valence-corrected chi connectivity index (χ4v) is 3.94. The van der Waals surface area contributed by atoms with Gasteiger partial charge in [0.1, 0.15) is 11.6 Å². The van der Waals surface area contributed by atoms with E-state index in [1.807, 2.05) is 0 Å². The molecule has 2 aromatic carbocycles. The molecular weight excluding hydrogens is 336 g/mol. The first-order chi connectivity index (χ1) is 12.5. The van der Waals surface area contributed by atoms with Crippen molar-refractivity contribution in [1.29, 1.82) is 0 Å². The van der Waals surface area contributed by atoms with Crippen molar-refractivity contribution < 1.29 is 18.4 Å². The highest BCUT2D eigenvalue weighted by Crippen LogP contribution is 2.42. The van der Waals surface area contributed by atoms with Crippen LogP contribution in [0.2, 0.25) is 0 Å². The predicted molar refractivity (Wildman–Crippen MR) is 92.3 cm³/mol. The van der Waals surface area contributed by atoms with Gasteiger partial charge in [0.05, 0.1) is 0 Å². The zero-order chi connectivity index (χ0) is 18.3. The molecule has 5 heteroatoms. The molecule has 26 heavy (non-hydrogen) atoms. The molecular formula is C21H17F2NO2. The number of halogens is 2. The second kappa shape index (κ2) is 6.48. The zero-order valence-electron chi connectivity index (χ0n) is 14.0. The SMILES string of the molecule is O=C1C[C@H](c2cccc(F)c2)C2=C(C[C@@H](c3ccc(F)cc3)CC2=O)N1. The van der Waals surface area contributed by atoms with E-state index in [-0.39, 0.29) is 35.7 Å². The molecule has 0 saturated heterocycles. The summed E-state index contributed by atoms with van der Waals surface area (Å²) in [7, 11) is 0. The Balaban J connectivity index is 1.71. The number of carbonyl (C=O) groups excluding carboxylic acids is 2. The van der Waals surface area contributed by atoms with E-state index >= 15 is 0 Å². The van der Waals surface area contributed by atoms with Crippen LogP contribution >= 0.6 is 0 Å². The van der Waals surface area contributed by atoms with Crippen LogP contribution in [0.5, 0.6) is 0 Å². The Morgan fingerprint density at radius 2 is 1.62 bits per heavy atom. The van der Waals surface area contributed by atoms with E-state index in [4.69, 9.17) is 0 Å². The Bertz CT molecular complexity index is 918. The predicted octanol–water partition coefficient (Wildman–Crippen LogP) is 3.97. The summed E-state index contributed by atoms with van der Waals surface area (Å²) in [5.74, 6) is -1.46. The van der Waals surface area contributed by atoms with Crippen LogP contribution in [0.4, 0.5) is 8.78 Å². The van der Waals surface area contributed by atoms with Crippen molar-refractivity contribution in [1.82, 2.24) is 5.32 Å². The van der Waals surface area contributed by atoms with Gasteiger partial charge in [0.25, 0.3) is 0 Å². The lowest BCUT2D eigenvalue weighted by Gasteiger charge is -2.34. The molecule has 2 aromatic rings. The molecule has 1 aliphatic heterocycles. The number of hydrogen-bond acceptors (Lipinski definition) is 2. The number of hydrogen-bond donors (Lipinski definition) is 1. The van der Waals surface area contributed by atoms with Crippen molar-refractivity contribution in [2.75, 3.05) is 0 Å². The molecule has 132 valence electrons. The maximum Gasteiger partial charge on any atom is 0.225 e. The average Bonchev–Trinajstić information content (AvgIpc) is 2.61. The van der Waals surface area contributed by atoms with Gasteiger partial charge in [-0.2, -0.15) is 0 Å². The smallest absolute Gasteiger partial charge is 0.225 e. The van der Waals surface area contributed by atoms with Crippen molar-refractivity contribution in [3.8, 4) is 0 Å². The number of Topliss-reactive ketones (excluding diaryl/α,β-unsaturated/α-hetero) is 1. The van der Waals surface area contributed by atoms with Gasteiger partial charge in [-0.1, -0.05) is 24.3 Å². The highest BCUT2D eigenvalue weighted by Gasteiger charge is 2.38. The second-order valence-corrected chi connectivity index (χ2v) is 6.83. The van der Waals surface area contributed by atoms with Gasteiger partial charge in [-0.25, -0.2) is 8.78 Å². The first kappa shape index (κ1) is 16.6. The molecule has 1 amide bonds. The fraction of sp³-hybridized carbons (Fsp3) is 0.238. The Morgan fingerprint density at radius 3 is 2.35 bits per heavy atom. The first-order valence-electron chi connectivity index (χ1n) is 8.58. The molecule has 0 unspecified atom stereocenters. The van der Waals surface area contributed by atoms with Crippen molar-refractivity contribution in [3.63, 3.8) is 0 Å². The van der Waals surface area contributed by atoms with Crippen LogP contribution in [-0.4, -0.2) is 11.7 Å². The largest absolute Gasteiger partial charge is 0.329 e. The number of ketones is 1. The van der Waals surface area contributed by atoms with Gasteiger partial charge in [0.2, 0.25) is 5.91 Å². The molecule has 0 radical (unpaired) electrons. The topological polar surface area (TPSA) is 46.2 Å². The molecule has 0 spiro atoms. The number of rotatable bonds is 2. The Morgan fingerprint density at radius 1 is 0.846 bits per heavy atom.